The van der Waals surface area contributed by atoms with Crippen LogP contribution < -0.4 is 5.73 Å². The number of hydrogen-bond donors (Lipinski definition) is 3. The van der Waals surface area contributed by atoms with Crippen LogP contribution >= 0.6 is 0 Å². The molecule has 2 unspecified atom stereocenters. The fraction of sp³-hybridized carbons (Fsp3) is 0.571. The van der Waals surface area contributed by atoms with Crippen molar-refractivity contribution >= 4 is 0 Å². The third-order valence-electron chi connectivity index (χ3n) is 2.40. The molecule has 3 nitrogen and oxygen atoms in total. The molecule has 0 heterocycles. The molecular formula is C14H25NO2. The van der Waals surface area contributed by atoms with Crippen molar-refractivity contribution in [2.75, 3.05) is 6.61 Å². The first-order valence-corrected chi connectivity index (χ1v) is 6.26. The summed E-state index contributed by atoms with van der Waals surface area (Å²) in [7, 11) is 0. The van der Waals surface area contributed by atoms with Crippen LogP contribution in [-0.4, -0.2) is 29.0 Å². The average molecular weight is 239 g/mol. The Morgan fingerprint density at radius 3 is 2.47 bits per heavy atom. The molecule has 0 saturated carbocycles. The van der Waals surface area contributed by atoms with Gasteiger partial charge in [-0.3, -0.25) is 0 Å². The highest BCUT2D eigenvalue weighted by molar-refractivity contribution is 5.12. The Morgan fingerprint density at radius 1 is 1.12 bits per heavy atom. The van der Waals surface area contributed by atoms with Crippen molar-refractivity contribution in [3.8, 4) is 0 Å². The molecule has 0 amide bonds. The van der Waals surface area contributed by atoms with Crippen molar-refractivity contribution in [2.45, 2.75) is 44.8 Å². The third kappa shape index (κ3) is 10.00. The number of rotatable bonds is 9. The molecule has 4 N–H and O–H groups in total. The summed E-state index contributed by atoms with van der Waals surface area (Å²) in [5.41, 5.74) is 5.44. The highest BCUT2D eigenvalue weighted by atomic mass is 16.3. The smallest absolute Gasteiger partial charge is 0.0897 e. The first-order chi connectivity index (χ1) is 8.22. The van der Waals surface area contributed by atoms with Gasteiger partial charge in [0.05, 0.1) is 18.8 Å². The zero-order valence-electron chi connectivity index (χ0n) is 10.6. The van der Waals surface area contributed by atoms with Crippen LogP contribution in [0.5, 0.6) is 0 Å². The van der Waals surface area contributed by atoms with Crippen molar-refractivity contribution in [3.05, 3.63) is 36.5 Å². The van der Waals surface area contributed by atoms with E-state index in [9.17, 15) is 5.11 Å². The number of unbranched alkanes of at least 4 members (excludes halogenated alkanes) is 3. The van der Waals surface area contributed by atoms with Crippen LogP contribution in [0.3, 0.4) is 0 Å². The van der Waals surface area contributed by atoms with Gasteiger partial charge in [-0.15, -0.1) is 0 Å². The molecule has 0 spiro atoms. The summed E-state index contributed by atoms with van der Waals surface area (Å²) in [6.07, 6.45) is 15.3. The monoisotopic (exact) mass is 239 g/mol. The molecule has 2 atom stereocenters. The van der Waals surface area contributed by atoms with Crippen molar-refractivity contribution in [1.82, 2.24) is 0 Å². The van der Waals surface area contributed by atoms with Gasteiger partial charge in [0.2, 0.25) is 0 Å². The van der Waals surface area contributed by atoms with Crippen molar-refractivity contribution in [3.63, 3.8) is 0 Å². The molecule has 0 rings (SSSR count). The van der Waals surface area contributed by atoms with E-state index < -0.39 is 12.1 Å². The maximum atomic E-state index is 9.39. The van der Waals surface area contributed by atoms with Crippen LogP contribution in [0.1, 0.15) is 32.6 Å². The molecule has 0 aliphatic carbocycles. The van der Waals surface area contributed by atoms with Gasteiger partial charge in [0.25, 0.3) is 0 Å². The summed E-state index contributed by atoms with van der Waals surface area (Å²) in [5.74, 6) is 0. The lowest BCUT2D eigenvalue weighted by molar-refractivity contribution is 0.144. The molecule has 0 bridgehead atoms. The molecule has 0 aliphatic heterocycles. The van der Waals surface area contributed by atoms with E-state index in [0.29, 0.717) is 0 Å². The maximum Gasteiger partial charge on any atom is 0.0897 e. The van der Waals surface area contributed by atoms with Crippen LogP contribution in [0.2, 0.25) is 0 Å². The number of aliphatic hydroxyl groups excluding tert-OH is 2. The Balaban J connectivity index is 3.68. The van der Waals surface area contributed by atoms with Crippen molar-refractivity contribution in [2.24, 2.45) is 5.73 Å². The SMILES string of the molecule is CCCCC/C=C/C=C/C=C/C(O)C(N)CO. The van der Waals surface area contributed by atoms with Gasteiger partial charge in [0, 0.05) is 0 Å². The van der Waals surface area contributed by atoms with E-state index in [1.807, 2.05) is 18.2 Å². The van der Waals surface area contributed by atoms with Crippen LogP contribution in [0.25, 0.3) is 0 Å². The summed E-state index contributed by atoms with van der Waals surface area (Å²) < 4.78 is 0. The zero-order valence-corrected chi connectivity index (χ0v) is 10.6. The largest absolute Gasteiger partial charge is 0.395 e. The first-order valence-electron chi connectivity index (χ1n) is 6.26. The predicted octanol–water partition coefficient (Wildman–Crippen LogP) is 1.92. The van der Waals surface area contributed by atoms with Crippen LogP contribution in [0.15, 0.2) is 36.5 Å². The number of hydrogen-bond acceptors (Lipinski definition) is 3. The minimum Gasteiger partial charge on any atom is -0.395 e. The van der Waals surface area contributed by atoms with Gasteiger partial charge in [0.1, 0.15) is 0 Å². The Labute approximate surface area is 104 Å². The second-order valence-corrected chi connectivity index (χ2v) is 4.03. The van der Waals surface area contributed by atoms with Crippen molar-refractivity contribution < 1.29 is 10.2 Å². The predicted molar refractivity (Wildman–Crippen MR) is 72.6 cm³/mol. The Hall–Kier alpha value is -0.900. The van der Waals surface area contributed by atoms with Gasteiger partial charge >= 0.3 is 0 Å². The fourth-order valence-corrected chi connectivity index (χ4v) is 1.24. The van der Waals surface area contributed by atoms with E-state index in [2.05, 4.69) is 13.0 Å². The molecule has 17 heavy (non-hydrogen) atoms. The normalized spacial score (nSPS) is 16.2. The Morgan fingerprint density at radius 2 is 1.82 bits per heavy atom. The van der Waals surface area contributed by atoms with E-state index >= 15 is 0 Å². The number of nitrogens with two attached hydrogens (primary N) is 1. The molecule has 0 aromatic carbocycles. The average Bonchev–Trinajstić information content (AvgIpc) is 2.35. The molecule has 98 valence electrons. The molecule has 0 aliphatic rings. The van der Waals surface area contributed by atoms with Crippen LogP contribution in [-0.2, 0) is 0 Å². The number of allylic oxidation sites excluding steroid dienone is 5. The lowest BCUT2D eigenvalue weighted by Gasteiger charge is -2.11. The minimum atomic E-state index is -0.793. The Kier molecular flexibility index (Phi) is 11.0. The molecule has 3 heteroatoms. The van der Waals surface area contributed by atoms with Gasteiger partial charge in [-0.05, 0) is 12.8 Å². The fourth-order valence-electron chi connectivity index (χ4n) is 1.24. The second kappa shape index (κ2) is 11.6. The van der Waals surface area contributed by atoms with E-state index in [4.69, 9.17) is 10.8 Å². The van der Waals surface area contributed by atoms with Crippen molar-refractivity contribution in [1.29, 1.82) is 0 Å². The summed E-state index contributed by atoms with van der Waals surface area (Å²) in [6.45, 7) is 1.98. The molecule has 0 aromatic heterocycles. The Bertz CT molecular complexity index is 247. The molecule has 0 radical (unpaired) electrons. The lowest BCUT2D eigenvalue weighted by Crippen LogP contribution is -2.36. The van der Waals surface area contributed by atoms with Gasteiger partial charge < -0.3 is 15.9 Å². The summed E-state index contributed by atoms with van der Waals surface area (Å²) in [5, 5.41) is 18.1. The quantitative estimate of drug-likeness (QED) is 0.425. The minimum absolute atomic E-state index is 0.216. The van der Waals surface area contributed by atoms with E-state index in [-0.39, 0.29) is 6.61 Å². The van der Waals surface area contributed by atoms with E-state index in [1.165, 1.54) is 19.3 Å². The van der Waals surface area contributed by atoms with E-state index in [1.54, 1.807) is 12.2 Å². The molecule has 0 saturated heterocycles. The first kappa shape index (κ1) is 16.1. The standard InChI is InChI=1S/C14H25NO2/c1-2-3-4-5-6-7-8-9-10-11-14(17)13(15)12-16/h6-11,13-14,16-17H,2-5,12,15H2,1H3/b7-6+,9-8+,11-10+. The summed E-state index contributed by atoms with van der Waals surface area (Å²) >= 11 is 0. The molecule has 0 fully saturated rings. The third-order valence-corrected chi connectivity index (χ3v) is 2.40. The van der Waals surface area contributed by atoms with E-state index in [0.717, 1.165) is 6.42 Å². The van der Waals surface area contributed by atoms with Gasteiger partial charge in [0.15, 0.2) is 0 Å². The highest BCUT2D eigenvalue weighted by Gasteiger charge is 2.08. The molecular weight excluding hydrogens is 214 g/mol. The second-order valence-electron chi connectivity index (χ2n) is 4.03. The molecule has 0 aromatic rings. The van der Waals surface area contributed by atoms with Gasteiger partial charge in [-0.1, -0.05) is 56.2 Å². The topological polar surface area (TPSA) is 66.5 Å². The summed E-state index contributed by atoms with van der Waals surface area (Å²) in [4.78, 5) is 0. The maximum absolute atomic E-state index is 9.39. The summed E-state index contributed by atoms with van der Waals surface area (Å²) in [6, 6.07) is -0.607. The lowest BCUT2D eigenvalue weighted by atomic mass is 10.1. The highest BCUT2D eigenvalue weighted by Crippen LogP contribution is 1.99. The zero-order chi connectivity index (χ0) is 12.9. The van der Waals surface area contributed by atoms with Crippen LogP contribution in [0, 0.1) is 0 Å². The van der Waals surface area contributed by atoms with Gasteiger partial charge in [-0.25, -0.2) is 0 Å². The van der Waals surface area contributed by atoms with Gasteiger partial charge in [-0.2, -0.15) is 0 Å². The number of aliphatic hydroxyl groups is 2. The van der Waals surface area contributed by atoms with Crippen LogP contribution in [0.4, 0.5) is 0 Å².